The van der Waals surface area contributed by atoms with E-state index in [0.29, 0.717) is 19.3 Å². The number of fused-ring (bicyclic) bond motifs is 5. The Morgan fingerprint density at radius 3 is 2.41 bits per heavy atom. The number of alkyl halides is 1. The van der Waals surface area contributed by atoms with E-state index in [4.69, 9.17) is 13.9 Å². The molecule has 0 saturated heterocycles. The van der Waals surface area contributed by atoms with E-state index in [2.05, 4.69) is 5.32 Å². The number of ether oxygens (including phenoxy) is 2. The number of halogens is 1. The third-order valence-electron chi connectivity index (χ3n) is 11.4. The molecule has 0 radical (unpaired) electrons. The third-order valence-corrected chi connectivity index (χ3v) is 12.4. The van der Waals surface area contributed by atoms with Crippen LogP contribution < -0.4 is 5.32 Å². The van der Waals surface area contributed by atoms with Gasteiger partial charge in [0.2, 0.25) is 5.78 Å². The second-order valence-electron chi connectivity index (χ2n) is 15.2. The van der Waals surface area contributed by atoms with Crippen LogP contribution in [0, 0.1) is 28.6 Å². The molecule has 46 heavy (non-hydrogen) atoms. The molecule has 3 fully saturated rings. The second-order valence-corrected chi connectivity index (χ2v) is 19.7. The third kappa shape index (κ3) is 5.39. The Hall–Kier alpha value is -3.11. The molecule has 1 aromatic carbocycles. The van der Waals surface area contributed by atoms with Crippen LogP contribution in [0.2, 0.25) is 19.6 Å². The van der Waals surface area contributed by atoms with E-state index in [1.54, 1.807) is 12.2 Å². The molecule has 4 aliphatic rings. The fraction of sp³-hybridized carbons (Fsp3) is 0.611. The van der Waals surface area contributed by atoms with Gasteiger partial charge >= 0.3 is 12.1 Å². The summed E-state index contributed by atoms with van der Waals surface area (Å²) in [5.74, 6) is -2.71. The van der Waals surface area contributed by atoms with Crippen LogP contribution in [0.1, 0.15) is 71.9 Å². The quantitative estimate of drug-likeness (QED) is 0.242. The Bertz CT molecular complexity index is 1470. The number of hydrogen-bond acceptors (Lipinski definition) is 7. The molecule has 3 saturated carbocycles. The zero-order valence-electron chi connectivity index (χ0n) is 28.3. The van der Waals surface area contributed by atoms with E-state index >= 15 is 4.39 Å². The first kappa shape index (κ1) is 34.2. The van der Waals surface area contributed by atoms with Crippen LogP contribution in [0.25, 0.3) is 0 Å². The molecule has 1 aromatic rings. The predicted molar refractivity (Wildman–Crippen MR) is 174 cm³/mol. The van der Waals surface area contributed by atoms with E-state index in [-0.39, 0.29) is 18.1 Å². The summed E-state index contributed by atoms with van der Waals surface area (Å²) in [6, 6.07) is 9.01. The van der Waals surface area contributed by atoms with Crippen LogP contribution >= 0.6 is 0 Å². The van der Waals surface area contributed by atoms with Crippen molar-refractivity contribution in [1.29, 1.82) is 0 Å². The lowest BCUT2D eigenvalue weighted by Gasteiger charge is -2.64. The SMILES string of the molecule is CC(=O)OCC(=O)[C@@]1(OC(=O)N[C@H](C)c2ccccc2)[C@@H](C)C[C@H]2[C@@H]3CCC4=CC(=O)C=C[C@]4(C)[C@@]3(F)[C@@H](O[Si](C)(C)C)C[C@@]21C. The van der Waals surface area contributed by atoms with E-state index in [1.165, 1.54) is 13.0 Å². The van der Waals surface area contributed by atoms with Crippen molar-refractivity contribution >= 4 is 31.9 Å². The summed E-state index contributed by atoms with van der Waals surface area (Å²) in [4.78, 5) is 52.5. The Kier molecular flexibility index (Phi) is 8.81. The van der Waals surface area contributed by atoms with Crippen molar-refractivity contribution in [3.63, 3.8) is 0 Å². The van der Waals surface area contributed by atoms with Crippen LogP contribution in [0.5, 0.6) is 0 Å². The minimum Gasteiger partial charge on any atom is -0.458 e. The average molecular weight is 654 g/mol. The summed E-state index contributed by atoms with van der Waals surface area (Å²) in [5, 5.41) is 2.89. The van der Waals surface area contributed by atoms with Crippen LogP contribution in [0.4, 0.5) is 9.18 Å². The van der Waals surface area contributed by atoms with Gasteiger partial charge in [0.1, 0.15) is 0 Å². The molecule has 0 aliphatic heterocycles. The van der Waals surface area contributed by atoms with Crippen molar-refractivity contribution in [2.75, 3.05) is 6.61 Å². The van der Waals surface area contributed by atoms with E-state index < -0.39 is 78.9 Å². The normalized spacial score (nSPS) is 37.2. The van der Waals surface area contributed by atoms with Crippen LogP contribution in [0.15, 0.2) is 54.1 Å². The van der Waals surface area contributed by atoms with Crippen molar-refractivity contribution < 1.29 is 37.5 Å². The molecular formula is C36H48FNO7Si. The van der Waals surface area contributed by atoms with Crippen molar-refractivity contribution in [1.82, 2.24) is 5.32 Å². The minimum absolute atomic E-state index is 0.108. The number of carbonyl (C=O) groups excluding carboxylic acids is 4. The summed E-state index contributed by atoms with van der Waals surface area (Å²) in [6.45, 7) is 14.2. The summed E-state index contributed by atoms with van der Waals surface area (Å²) < 4.78 is 36.9. The second kappa shape index (κ2) is 11.8. The van der Waals surface area contributed by atoms with Gasteiger partial charge in [-0.25, -0.2) is 9.18 Å². The molecule has 0 unspecified atom stereocenters. The Labute approximate surface area is 272 Å². The highest BCUT2D eigenvalue weighted by Gasteiger charge is 2.77. The number of ketones is 2. The standard InChI is InChI=1S/C36H48FNO7Si/c1-22-18-29-28-15-14-26-19-27(40)16-17-33(26,4)35(28,37)31(45-46(6,7)8)20-34(29,5)36(22,30(41)21-43-24(3)39)44-32(42)38-23(2)25-12-10-9-11-13-25/h9-13,16-17,19,22-23,28-29,31H,14-15,18,20-21H2,1-8H3,(H,38,42)/t22-,23+,28-,29-,31-,33-,34-,35-,36-/m0/s1. The topological polar surface area (TPSA) is 108 Å². The number of alkyl carbamates (subject to hydrolysis) is 1. The fourth-order valence-corrected chi connectivity index (χ4v) is 10.5. The van der Waals surface area contributed by atoms with Gasteiger partial charge in [-0.3, -0.25) is 14.4 Å². The molecule has 8 nitrogen and oxygen atoms in total. The monoisotopic (exact) mass is 653 g/mol. The highest BCUT2D eigenvalue weighted by Crippen LogP contribution is 2.72. The molecule has 9 atom stereocenters. The maximum absolute atomic E-state index is 18.5. The van der Waals surface area contributed by atoms with Gasteiger partial charge in [-0.2, -0.15) is 0 Å². The van der Waals surface area contributed by atoms with Gasteiger partial charge in [-0.05, 0) is 82.8 Å². The zero-order valence-corrected chi connectivity index (χ0v) is 29.3. The molecule has 0 aromatic heterocycles. The number of Topliss-reactive ketones (excluding diaryl/α,β-unsaturated/α-hetero) is 1. The molecule has 250 valence electrons. The number of amides is 1. The average Bonchev–Trinajstić information content (AvgIpc) is 3.18. The van der Waals surface area contributed by atoms with Crippen molar-refractivity contribution in [3.05, 3.63) is 59.7 Å². The Morgan fingerprint density at radius 2 is 1.78 bits per heavy atom. The Morgan fingerprint density at radius 1 is 1.11 bits per heavy atom. The predicted octanol–water partition coefficient (Wildman–Crippen LogP) is 6.82. The highest BCUT2D eigenvalue weighted by molar-refractivity contribution is 6.69. The molecule has 0 heterocycles. The number of carbonyl (C=O) groups is 4. The fourth-order valence-electron chi connectivity index (χ4n) is 9.37. The van der Waals surface area contributed by atoms with Gasteiger partial charge in [0.05, 0.1) is 12.1 Å². The molecule has 1 amide bonds. The van der Waals surface area contributed by atoms with Gasteiger partial charge in [0.15, 0.2) is 32.0 Å². The highest BCUT2D eigenvalue weighted by atomic mass is 28.4. The van der Waals surface area contributed by atoms with Crippen LogP contribution in [-0.2, 0) is 28.3 Å². The molecular weight excluding hydrogens is 605 g/mol. The number of esters is 1. The smallest absolute Gasteiger partial charge is 0.408 e. The molecule has 0 spiro atoms. The summed E-state index contributed by atoms with van der Waals surface area (Å²) in [7, 11) is -2.38. The zero-order chi connectivity index (χ0) is 33.9. The summed E-state index contributed by atoms with van der Waals surface area (Å²) >= 11 is 0. The van der Waals surface area contributed by atoms with Crippen LogP contribution in [0.3, 0.4) is 0 Å². The molecule has 1 N–H and O–H groups in total. The maximum Gasteiger partial charge on any atom is 0.408 e. The van der Waals surface area contributed by atoms with Gasteiger partial charge in [0, 0.05) is 29.6 Å². The van der Waals surface area contributed by atoms with Crippen LogP contribution in [-0.4, -0.2) is 55.9 Å². The first-order valence-corrected chi connectivity index (χ1v) is 19.8. The van der Waals surface area contributed by atoms with Gasteiger partial charge in [-0.1, -0.05) is 55.8 Å². The van der Waals surface area contributed by atoms with E-state index in [1.807, 2.05) is 77.7 Å². The number of allylic oxidation sites excluding steroid dienone is 4. The number of rotatable bonds is 8. The number of benzene rings is 1. The lowest BCUT2D eigenvalue weighted by atomic mass is 9.44. The Balaban J connectivity index is 1.61. The molecule has 10 heteroatoms. The van der Waals surface area contributed by atoms with E-state index in [9.17, 15) is 19.2 Å². The van der Waals surface area contributed by atoms with Crippen molar-refractivity contribution in [2.24, 2.45) is 28.6 Å². The first-order valence-electron chi connectivity index (χ1n) is 16.4. The van der Waals surface area contributed by atoms with Gasteiger partial charge < -0.3 is 19.2 Å². The van der Waals surface area contributed by atoms with Gasteiger partial charge in [0.25, 0.3) is 0 Å². The maximum atomic E-state index is 18.5. The molecule has 5 rings (SSSR count). The summed E-state index contributed by atoms with van der Waals surface area (Å²) in [5.41, 5.74) is -4.09. The summed E-state index contributed by atoms with van der Waals surface area (Å²) in [6.07, 6.45) is 4.56. The first-order chi connectivity index (χ1) is 21.4. The van der Waals surface area contributed by atoms with Crippen molar-refractivity contribution in [2.45, 2.75) is 103 Å². The molecule has 0 bridgehead atoms. The lowest BCUT2D eigenvalue weighted by molar-refractivity contribution is -0.215. The van der Waals surface area contributed by atoms with Crippen molar-refractivity contribution in [3.8, 4) is 0 Å². The largest absolute Gasteiger partial charge is 0.458 e. The number of nitrogens with one attached hydrogen (secondary N) is 1. The van der Waals surface area contributed by atoms with E-state index in [0.717, 1.165) is 11.1 Å². The number of hydrogen-bond donors (Lipinski definition) is 1. The van der Waals surface area contributed by atoms with Gasteiger partial charge in [-0.15, -0.1) is 0 Å². The molecule has 4 aliphatic carbocycles. The lowest BCUT2D eigenvalue weighted by Crippen LogP contribution is -2.71. The minimum atomic E-state index is -2.38.